The van der Waals surface area contributed by atoms with Crippen LogP contribution in [0.25, 0.3) is 0 Å². The first-order valence-electron chi connectivity index (χ1n) is 5.68. The summed E-state index contributed by atoms with van der Waals surface area (Å²) in [6.45, 7) is 1.73. The van der Waals surface area contributed by atoms with E-state index in [1.54, 1.807) is 25.1 Å². The lowest BCUT2D eigenvalue weighted by Gasteiger charge is -2.06. The van der Waals surface area contributed by atoms with Gasteiger partial charge in [-0.3, -0.25) is 5.43 Å². The molecule has 0 aliphatic carbocycles. The van der Waals surface area contributed by atoms with Crippen LogP contribution in [0.5, 0.6) is 0 Å². The molecule has 20 heavy (non-hydrogen) atoms. The molecule has 0 atom stereocenters. The van der Waals surface area contributed by atoms with Crippen LogP contribution < -0.4 is 5.43 Å². The number of rotatable bonds is 3. The summed E-state index contributed by atoms with van der Waals surface area (Å²) in [5, 5.41) is 4.88. The number of nitrogens with one attached hydrogen (secondary N) is 1. The molecular weight excluding hydrogens is 305 g/mol. The Bertz CT molecular complexity index is 672. The fourth-order valence-corrected chi connectivity index (χ4v) is 1.81. The molecule has 0 unspecified atom stereocenters. The van der Waals surface area contributed by atoms with E-state index in [2.05, 4.69) is 10.5 Å². The average molecular weight is 315 g/mol. The predicted octanol–water partition coefficient (Wildman–Crippen LogP) is 5.11. The lowest BCUT2D eigenvalue weighted by atomic mass is 10.1. The molecule has 0 amide bonds. The number of halogens is 4. The summed E-state index contributed by atoms with van der Waals surface area (Å²) < 4.78 is 26.2. The Morgan fingerprint density at radius 1 is 1.05 bits per heavy atom. The van der Waals surface area contributed by atoms with Gasteiger partial charge in [0.15, 0.2) is 5.82 Å². The van der Waals surface area contributed by atoms with Crippen LogP contribution in [0.15, 0.2) is 41.5 Å². The highest BCUT2D eigenvalue weighted by Crippen LogP contribution is 2.23. The van der Waals surface area contributed by atoms with Crippen LogP contribution in [0.1, 0.15) is 12.5 Å². The van der Waals surface area contributed by atoms with Crippen LogP contribution in [-0.2, 0) is 0 Å². The van der Waals surface area contributed by atoms with Crippen LogP contribution in [0.3, 0.4) is 0 Å². The van der Waals surface area contributed by atoms with E-state index in [0.29, 0.717) is 15.8 Å². The molecule has 0 heterocycles. The van der Waals surface area contributed by atoms with E-state index in [1.807, 2.05) is 0 Å². The second kappa shape index (κ2) is 6.20. The summed E-state index contributed by atoms with van der Waals surface area (Å²) in [4.78, 5) is 0. The molecule has 0 radical (unpaired) electrons. The van der Waals surface area contributed by atoms with Crippen molar-refractivity contribution in [2.24, 2.45) is 5.10 Å². The smallest absolute Gasteiger partial charge is 0.151 e. The quantitative estimate of drug-likeness (QED) is 0.618. The third-order valence-electron chi connectivity index (χ3n) is 2.61. The van der Waals surface area contributed by atoms with Crippen LogP contribution in [0.4, 0.5) is 14.5 Å². The van der Waals surface area contributed by atoms with Crippen molar-refractivity contribution < 1.29 is 8.78 Å². The third kappa shape index (κ3) is 3.46. The second-order valence-corrected chi connectivity index (χ2v) is 4.88. The van der Waals surface area contributed by atoms with Gasteiger partial charge in [-0.15, -0.1) is 0 Å². The van der Waals surface area contributed by atoms with Crippen LogP contribution in [0, 0.1) is 11.6 Å². The fourth-order valence-electron chi connectivity index (χ4n) is 1.51. The van der Waals surface area contributed by atoms with Gasteiger partial charge in [0, 0.05) is 6.07 Å². The topological polar surface area (TPSA) is 24.4 Å². The Hall–Kier alpha value is -1.65. The molecule has 2 aromatic carbocycles. The minimum absolute atomic E-state index is 0.0887. The van der Waals surface area contributed by atoms with Gasteiger partial charge in [-0.05, 0) is 36.8 Å². The van der Waals surface area contributed by atoms with E-state index < -0.39 is 11.6 Å². The highest BCUT2D eigenvalue weighted by atomic mass is 35.5. The highest BCUT2D eigenvalue weighted by molar-refractivity contribution is 6.42. The number of benzene rings is 2. The lowest BCUT2D eigenvalue weighted by Crippen LogP contribution is -2.01. The zero-order valence-corrected chi connectivity index (χ0v) is 11.9. The van der Waals surface area contributed by atoms with Crippen molar-refractivity contribution in [3.63, 3.8) is 0 Å². The zero-order chi connectivity index (χ0) is 14.7. The standard InChI is InChI=1S/C14H10Cl2F2N2/c1-8(9-2-4-11(15)12(16)6-9)19-20-14-5-3-10(17)7-13(14)18/h2-7,20H,1H3/b19-8+. The molecule has 6 heteroatoms. The molecule has 0 fully saturated rings. The van der Waals surface area contributed by atoms with E-state index in [9.17, 15) is 8.78 Å². The van der Waals surface area contributed by atoms with Gasteiger partial charge >= 0.3 is 0 Å². The molecule has 0 spiro atoms. The first-order chi connectivity index (χ1) is 9.47. The molecule has 0 saturated heterocycles. The van der Waals surface area contributed by atoms with Crippen molar-refractivity contribution in [1.29, 1.82) is 0 Å². The summed E-state index contributed by atoms with van der Waals surface area (Å²) in [6, 6.07) is 8.26. The van der Waals surface area contributed by atoms with Crippen molar-refractivity contribution in [3.8, 4) is 0 Å². The van der Waals surface area contributed by atoms with Crippen molar-refractivity contribution in [2.45, 2.75) is 6.92 Å². The van der Waals surface area contributed by atoms with E-state index in [-0.39, 0.29) is 5.69 Å². The van der Waals surface area contributed by atoms with Gasteiger partial charge < -0.3 is 0 Å². The minimum Gasteiger partial charge on any atom is -0.275 e. The number of hydrazone groups is 1. The molecule has 1 N–H and O–H groups in total. The molecular formula is C14H10Cl2F2N2. The Balaban J connectivity index is 2.20. The van der Waals surface area contributed by atoms with Crippen molar-refractivity contribution in [1.82, 2.24) is 0 Å². The van der Waals surface area contributed by atoms with E-state index in [0.717, 1.165) is 17.7 Å². The highest BCUT2D eigenvalue weighted by Gasteiger charge is 2.04. The molecule has 0 saturated carbocycles. The summed E-state index contributed by atoms with van der Waals surface area (Å²) in [5.41, 5.74) is 3.97. The van der Waals surface area contributed by atoms with Gasteiger partial charge in [0.1, 0.15) is 5.82 Å². The summed E-state index contributed by atoms with van der Waals surface area (Å²) in [6.07, 6.45) is 0. The maximum absolute atomic E-state index is 13.4. The molecule has 0 aliphatic heterocycles. The largest absolute Gasteiger partial charge is 0.275 e. The van der Waals surface area contributed by atoms with Crippen molar-refractivity contribution in [3.05, 3.63) is 63.6 Å². The van der Waals surface area contributed by atoms with Crippen LogP contribution in [0.2, 0.25) is 10.0 Å². The Morgan fingerprint density at radius 2 is 1.80 bits per heavy atom. The zero-order valence-electron chi connectivity index (χ0n) is 10.4. The maximum Gasteiger partial charge on any atom is 0.151 e. The summed E-state index contributed by atoms with van der Waals surface area (Å²) >= 11 is 11.7. The molecule has 104 valence electrons. The third-order valence-corrected chi connectivity index (χ3v) is 3.35. The number of anilines is 1. The van der Waals surface area contributed by atoms with Gasteiger partial charge in [-0.1, -0.05) is 29.3 Å². The normalized spacial score (nSPS) is 11.6. The van der Waals surface area contributed by atoms with Gasteiger partial charge in [-0.25, -0.2) is 8.78 Å². The Labute approximate surface area is 125 Å². The van der Waals surface area contributed by atoms with Crippen molar-refractivity contribution in [2.75, 3.05) is 5.43 Å². The molecule has 2 nitrogen and oxygen atoms in total. The fraction of sp³-hybridized carbons (Fsp3) is 0.0714. The molecule has 0 aromatic heterocycles. The first-order valence-corrected chi connectivity index (χ1v) is 6.44. The predicted molar refractivity (Wildman–Crippen MR) is 78.7 cm³/mol. The van der Waals surface area contributed by atoms with Gasteiger partial charge in [0.25, 0.3) is 0 Å². The minimum atomic E-state index is -0.712. The molecule has 2 rings (SSSR count). The van der Waals surface area contributed by atoms with E-state index >= 15 is 0 Å². The lowest BCUT2D eigenvalue weighted by molar-refractivity contribution is 0.585. The van der Waals surface area contributed by atoms with Crippen molar-refractivity contribution >= 4 is 34.6 Å². The Morgan fingerprint density at radius 3 is 2.45 bits per heavy atom. The van der Waals surface area contributed by atoms with Gasteiger partial charge in [-0.2, -0.15) is 5.10 Å². The maximum atomic E-state index is 13.4. The molecule has 0 aliphatic rings. The monoisotopic (exact) mass is 314 g/mol. The summed E-state index contributed by atoms with van der Waals surface area (Å²) in [5.74, 6) is -1.35. The second-order valence-electron chi connectivity index (χ2n) is 4.06. The first kappa shape index (κ1) is 14.8. The number of hydrogen-bond acceptors (Lipinski definition) is 2. The van der Waals surface area contributed by atoms with Crippen LogP contribution >= 0.6 is 23.2 Å². The van der Waals surface area contributed by atoms with Crippen LogP contribution in [-0.4, -0.2) is 5.71 Å². The number of nitrogens with zero attached hydrogens (tertiary/aromatic N) is 1. The van der Waals surface area contributed by atoms with E-state index in [4.69, 9.17) is 23.2 Å². The summed E-state index contributed by atoms with van der Waals surface area (Å²) in [7, 11) is 0. The van der Waals surface area contributed by atoms with Gasteiger partial charge in [0.2, 0.25) is 0 Å². The Kier molecular flexibility index (Phi) is 4.57. The molecule has 0 bridgehead atoms. The SMILES string of the molecule is C/C(=N\Nc1ccc(F)cc1F)c1ccc(Cl)c(Cl)c1. The molecule has 2 aromatic rings. The number of hydrogen-bond donors (Lipinski definition) is 1. The van der Waals surface area contributed by atoms with E-state index in [1.165, 1.54) is 6.07 Å². The average Bonchev–Trinajstić information content (AvgIpc) is 2.40. The van der Waals surface area contributed by atoms with Gasteiger partial charge in [0.05, 0.1) is 21.4 Å².